The van der Waals surface area contributed by atoms with Crippen molar-refractivity contribution in [1.29, 1.82) is 0 Å². The number of amides is 1. The Balaban J connectivity index is 2.93. The predicted octanol–water partition coefficient (Wildman–Crippen LogP) is 0.323. The molecule has 0 heterocycles. The van der Waals surface area contributed by atoms with E-state index < -0.39 is 5.91 Å². The van der Waals surface area contributed by atoms with Crippen molar-refractivity contribution < 1.29 is 25.0 Å². The van der Waals surface area contributed by atoms with E-state index in [1.165, 1.54) is 30.2 Å². The summed E-state index contributed by atoms with van der Waals surface area (Å²) in [5, 5.41) is 30.8. The first-order chi connectivity index (χ1) is 10.0. The Kier molecular flexibility index (Phi) is 6.28. The normalized spacial score (nSPS) is 11.4. The number of nitrogens with two attached hydrogens (primary N) is 1. The number of oxime groups is 1. The van der Waals surface area contributed by atoms with Gasteiger partial charge in [0.25, 0.3) is 5.91 Å². The summed E-state index contributed by atoms with van der Waals surface area (Å²) in [6, 6.07) is 4.05. The van der Waals surface area contributed by atoms with Gasteiger partial charge in [-0.25, -0.2) is 0 Å². The lowest BCUT2D eigenvalue weighted by atomic mass is 10.1. The topological polar surface area (TPSA) is 129 Å². The number of methoxy groups -OCH3 is 1. The molecular formula is C13H19N3O5. The number of benzene rings is 1. The van der Waals surface area contributed by atoms with E-state index in [9.17, 15) is 15.0 Å². The molecule has 0 spiro atoms. The molecule has 1 aromatic carbocycles. The maximum atomic E-state index is 12.4. The summed E-state index contributed by atoms with van der Waals surface area (Å²) >= 11 is 0. The number of rotatable bonds is 7. The largest absolute Gasteiger partial charge is 0.507 e. The summed E-state index contributed by atoms with van der Waals surface area (Å²) < 4.78 is 4.92. The van der Waals surface area contributed by atoms with Gasteiger partial charge in [0.1, 0.15) is 22.9 Å². The quantitative estimate of drug-likeness (QED) is 0.248. The van der Waals surface area contributed by atoms with Crippen LogP contribution in [-0.2, 0) is 4.74 Å². The number of carbonyl (C=O) groups is 1. The molecule has 116 valence electrons. The standard InChI is InChI=1S/C13H19N3O5/c1-21-8-7-16(6-5-11(14)15-20)13(19)12-9(17)3-2-4-10(12)18/h2-4,17-18,20H,5-8H2,1H3,(H2,14,15). The van der Waals surface area contributed by atoms with Gasteiger partial charge in [0.2, 0.25) is 0 Å². The lowest BCUT2D eigenvalue weighted by Crippen LogP contribution is -2.36. The van der Waals surface area contributed by atoms with Crippen molar-refractivity contribution in [2.75, 3.05) is 26.8 Å². The van der Waals surface area contributed by atoms with Crippen molar-refractivity contribution in [3.05, 3.63) is 23.8 Å². The van der Waals surface area contributed by atoms with Gasteiger partial charge in [-0.3, -0.25) is 4.79 Å². The van der Waals surface area contributed by atoms with Crippen LogP contribution in [0.25, 0.3) is 0 Å². The maximum Gasteiger partial charge on any atom is 0.261 e. The van der Waals surface area contributed by atoms with Crippen molar-refractivity contribution in [2.24, 2.45) is 10.9 Å². The van der Waals surface area contributed by atoms with E-state index in [0.29, 0.717) is 0 Å². The molecule has 0 bridgehead atoms. The van der Waals surface area contributed by atoms with Gasteiger partial charge in [-0.1, -0.05) is 11.2 Å². The number of hydrogen-bond acceptors (Lipinski definition) is 6. The van der Waals surface area contributed by atoms with Crippen molar-refractivity contribution >= 4 is 11.7 Å². The van der Waals surface area contributed by atoms with Gasteiger partial charge >= 0.3 is 0 Å². The zero-order chi connectivity index (χ0) is 15.8. The fourth-order valence-electron chi connectivity index (χ4n) is 1.72. The van der Waals surface area contributed by atoms with E-state index in [-0.39, 0.29) is 49.0 Å². The van der Waals surface area contributed by atoms with Crippen LogP contribution in [-0.4, -0.2) is 58.9 Å². The monoisotopic (exact) mass is 297 g/mol. The maximum absolute atomic E-state index is 12.4. The molecule has 1 aromatic rings. The highest BCUT2D eigenvalue weighted by molar-refractivity contribution is 5.99. The number of phenolic OH excluding ortho intramolecular Hbond substituents is 2. The summed E-state index contributed by atoms with van der Waals surface area (Å²) in [5.41, 5.74) is 5.19. The number of phenols is 2. The van der Waals surface area contributed by atoms with Gasteiger partial charge in [0.05, 0.1) is 6.61 Å². The van der Waals surface area contributed by atoms with Crippen LogP contribution < -0.4 is 5.73 Å². The zero-order valence-corrected chi connectivity index (χ0v) is 11.7. The second-order valence-corrected chi connectivity index (χ2v) is 4.30. The molecule has 21 heavy (non-hydrogen) atoms. The third-order valence-electron chi connectivity index (χ3n) is 2.85. The molecule has 0 fully saturated rings. The van der Waals surface area contributed by atoms with Crippen LogP contribution in [0.15, 0.2) is 23.4 Å². The fourth-order valence-corrected chi connectivity index (χ4v) is 1.72. The van der Waals surface area contributed by atoms with Gasteiger partial charge in [0, 0.05) is 26.6 Å². The van der Waals surface area contributed by atoms with Crippen molar-refractivity contribution in [3.8, 4) is 11.5 Å². The number of hydrogen-bond donors (Lipinski definition) is 4. The smallest absolute Gasteiger partial charge is 0.261 e. The van der Waals surface area contributed by atoms with Crippen LogP contribution in [0.2, 0.25) is 0 Å². The third kappa shape index (κ3) is 4.53. The molecule has 0 aliphatic carbocycles. The molecule has 8 nitrogen and oxygen atoms in total. The second-order valence-electron chi connectivity index (χ2n) is 4.30. The molecule has 1 rings (SSSR count). The summed E-state index contributed by atoms with van der Waals surface area (Å²) in [4.78, 5) is 13.7. The summed E-state index contributed by atoms with van der Waals surface area (Å²) in [7, 11) is 1.49. The SMILES string of the molecule is COCCN(CC/C(N)=N/O)C(=O)c1c(O)cccc1O. The minimum atomic E-state index is -0.562. The molecule has 0 radical (unpaired) electrons. The lowest BCUT2D eigenvalue weighted by Gasteiger charge is -2.23. The molecule has 0 unspecified atom stereocenters. The van der Waals surface area contributed by atoms with E-state index in [1.54, 1.807) is 0 Å². The van der Waals surface area contributed by atoms with Crippen LogP contribution in [0.1, 0.15) is 16.8 Å². The first kappa shape index (κ1) is 16.6. The molecule has 0 atom stereocenters. The highest BCUT2D eigenvalue weighted by atomic mass is 16.5. The summed E-state index contributed by atoms with van der Waals surface area (Å²) in [6.45, 7) is 0.671. The first-order valence-electron chi connectivity index (χ1n) is 6.26. The van der Waals surface area contributed by atoms with E-state index in [0.717, 1.165) is 0 Å². The number of carbonyl (C=O) groups excluding carboxylic acids is 1. The molecule has 5 N–H and O–H groups in total. The number of nitrogens with zero attached hydrogens (tertiary/aromatic N) is 2. The first-order valence-corrected chi connectivity index (χ1v) is 6.26. The van der Waals surface area contributed by atoms with E-state index >= 15 is 0 Å². The summed E-state index contributed by atoms with van der Waals surface area (Å²) in [5.74, 6) is -1.21. The highest BCUT2D eigenvalue weighted by Gasteiger charge is 2.22. The van der Waals surface area contributed by atoms with Gasteiger partial charge in [0.15, 0.2) is 0 Å². The van der Waals surface area contributed by atoms with Gasteiger partial charge in [-0.05, 0) is 12.1 Å². The molecule has 0 aliphatic rings. The second kappa shape index (κ2) is 7.95. The zero-order valence-electron chi connectivity index (χ0n) is 11.7. The molecule has 8 heteroatoms. The predicted molar refractivity (Wildman–Crippen MR) is 75.6 cm³/mol. The Bertz CT molecular complexity index is 498. The molecule has 0 saturated heterocycles. The average molecular weight is 297 g/mol. The van der Waals surface area contributed by atoms with E-state index in [1.807, 2.05) is 0 Å². The van der Waals surface area contributed by atoms with Crippen LogP contribution in [0.3, 0.4) is 0 Å². The number of aromatic hydroxyl groups is 2. The van der Waals surface area contributed by atoms with Gasteiger partial charge in [-0.2, -0.15) is 0 Å². The minimum absolute atomic E-state index is 0.0216. The van der Waals surface area contributed by atoms with E-state index in [4.69, 9.17) is 15.7 Å². The average Bonchev–Trinajstić information content (AvgIpc) is 2.46. The van der Waals surface area contributed by atoms with Crippen molar-refractivity contribution in [2.45, 2.75) is 6.42 Å². The van der Waals surface area contributed by atoms with Gasteiger partial charge in [-0.15, -0.1) is 0 Å². The lowest BCUT2D eigenvalue weighted by molar-refractivity contribution is 0.0694. The molecular weight excluding hydrogens is 278 g/mol. The molecule has 0 aromatic heterocycles. The number of ether oxygens (including phenoxy) is 1. The molecule has 1 amide bonds. The van der Waals surface area contributed by atoms with Crippen molar-refractivity contribution in [3.63, 3.8) is 0 Å². The van der Waals surface area contributed by atoms with Crippen LogP contribution in [0.4, 0.5) is 0 Å². The Morgan fingerprint density at radius 2 is 1.95 bits per heavy atom. The molecule has 0 aliphatic heterocycles. The van der Waals surface area contributed by atoms with Crippen molar-refractivity contribution in [1.82, 2.24) is 4.90 Å². The van der Waals surface area contributed by atoms with Gasteiger partial charge < -0.3 is 30.8 Å². The highest BCUT2D eigenvalue weighted by Crippen LogP contribution is 2.27. The minimum Gasteiger partial charge on any atom is -0.507 e. The number of amidine groups is 1. The summed E-state index contributed by atoms with van der Waals surface area (Å²) in [6.07, 6.45) is 0.153. The Labute approximate surface area is 122 Å². The Morgan fingerprint density at radius 3 is 2.48 bits per heavy atom. The van der Waals surface area contributed by atoms with Crippen LogP contribution in [0, 0.1) is 0 Å². The molecule has 0 saturated carbocycles. The van der Waals surface area contributed by atoms with Crippen LogP contribution >= 0.6 is 0 Å². The van der Waals surface area contributed by atoms with E-state index in [2.05, 4.69) is 5.16 Å². The van der Waals surface area contributed by atoms with Crippen LogP contribution in [0.5, 0.6) is 11.5 Å². The fraction of sp³-hybridized carbons (Fsp3) is 0.385. The third-order valence-corrected chi connectivity index (χ3v) is 2.85. The Morgan fingerprint density at radius 1 is 1.33 bits per heavy atom. The Hall–Kier alpha value is -2.48.